The van der Waals surface area contributed by atoms with Gasteiger partial charge in [-0.1, -0.05) is 30.3 Å². The predicted molar refractivity (Wildman–Crippen MR) is 83.1 cm³/mol. The fraction of sp³-hybridized carbons (Fsp3) is 0.188. The Hall–Kier alpha value is -2.93. The summed E-state index contributed by atoms with van der Waals surface area (Å²) in [6.07, 6.45) is -1.39. The number of aromatic hydroxyl groups is 1. The molecule has 0 bridgehead atoms. The molecule has 23 heavy (non-hydrogen) atoms. The summed E-state index contributed by atoms with van der Waals surface area (Å²) in [5.41, 5.74) is 1.72. The molecule has 2 rings (SSSR count). The highest BCUT2D eigenvalue weighted by Crippen LogP contribution is 2.15. The Morgan fingerprint density at radius 1 is 1.30 bits per heavy atom. The minimum Gasteiger partial charge on any atom is -0.507 e. The Morgan fingerprint density at radius 2 is 1.96 bits per heavy atom. The van der Waals surface area contributed by atoms with Crippen molar-refractivity contribution >= 4 is 11.6 Å². The molecular formula is C16H16N2O5. The van der Waals surface area contributed by atoms with Crippen molar-refractivity contribution in [1.82, 2.24) is 5.43 Å². The third-order valence-electron chi connectivity index (χ3n) is 3.11. The van der Waals surface area contributed by atoms with Crippen molar-refractivity contribution in [2.75, 3.05) is 0 Å². The highest BCUT2D eigenvalue weighted by Gasteiger charge is 2.18. The summed E-state index contributed by atoms with van der Waals surface area (Å²) in [6.45, 7) is 2.95. The maximum atomic E-state index is 11.9. The van der Waals surface area contributed by atoms with Gasteiger partial charge < -0.3 is 14.6 Å². The zero-order chi connectivity index (χ0) is 17.0. The van der Waals surface area contributed by atoms with Gasteiger partial charge in [0.25, 0.3) is 5.91 Å². The molecule has 2 aromatic rings. The Bertz CT molecular complexity index is 796. The van der Waals surface area contributed by atoms with Crippen LogP contribution in [0.5, 0.6) is 5.75 Å². The van der Waals surface area contributed by atoms with Crippen LogP contribution in [0.15, 0.2) is 50.7 Å². The van der Waals surface area contributed by atoms with Gasteiger partial charge in [0.1, 0.15) is 17.1 Å². The van der Waals surface area contributed by atoms with Gasteiger partial charge in [-0.25, -0.2) is 10.2 Å². The van der Waals surface area contributed by atoms with Crippen molar-refractivity contribution < 1.29 is 19.4 Å². The normalized spacial score (nSPS) is 12.7. The van der Waals surface area contributed by atoms with Gasteiger partial charge >= 0.3 is 5.63 Å². The van der Waals surface area contributed by atoms with Gasteiger partial charge in [-0.3, -0.25) is 4.79 Å². The summed E-state index contributed by atoms with van der Waals surface area (Å²) in [5.74, 6) is -0.794. The molecule has 0 aliphatic rings. The van der Waals surface area contributed by atoms with Crippen molar-refractivity contribution in [3.63, 3.8) is 0 Å². The maximum absolute atomic E-state index is 11.9. The van der Waals surface area contributed by atoms with E-state index < -0.39 is 17.6 Å². The molecule has 0 unspecified atom stereocenters. The second-order valence-corrected chi connectivity index (χ2v) is 4.89. The van der Waals surface area contributed by atoms with Crippen molar-refractivity contribution in [2.45, 2.75) is 20.0 Å². The molecular weight excluding hydrogens is 300 g/mol. The molecule has 0 fully saturated rings. The molecule has 0 aliphatic carbocycles. The lowest BCUT2D eigenvalue weighted by Crippen LogP contribution is -2.27. The fourth-order valence-electron chi connectivity index (χ4n) is 1.97. The molecule has 7 heteroatoms. The van der Waals surface area contributed by atoms with Gasteiger partial charge in [0, 0.05) is 6.07 Å². The predicted octanol–water partition coefficient (Wildman–Crippen LogP) is 1.23. The summed E-state index contributed by atoms with van der Waals surface area (Å²) in [7, 11) is 0. The van der Waals surface area contributed by atoms with Crippen LogP contribution in [0.1, 0.15) is 29.9 Å². The van der Waals surface area contributed by atoms with E-state index >= 15 is 0 Å². The van der Waals surface area contributed by atoms with Crippen LogP contribution in [0.3, 0.4) is 0 Å². The van der Waals surface area contributed by atoms with E-state index in [-0.39, 0.29) is 22.8 Å². The van der Waals surface area contributed by atoms with Crippen molar-refractivity contribution in [3.8, 4) is 5.75 Å². The minimum atomic E-state index is -1.39. The summed E-state index contributed by atoms with van der Waals surface area (Å²) in [4.78, 5) is 23.6. The third kappa shape index (κ3) is 3.83. The van der Waals surface area contributed by atoms with E-state index in [2.05, 4.69) is 10.5 Å². The van der Waals surface area contributed by atoms with Crippen LogP contribution in [-0.4, -0.2) is 21.8 Å². The number of aryl methyl sites for hydroxylation is 1. The number of carbonyl (C=O) groups excluding carboxylic acids is 1. The Kier molecular flexibility index (Phi) is 4.92. The molecule has 7 nitrogen and oxygen atoms in total. The number of benzene rings is 1. The Balaban J connectivity index is 2.17. The Labute approximate surface area is 131 Å². The lowest BCUT2D eigenvalue weighted by atomic mass is 10.1. The smallest absolute Gasteiger partial charge is 0.348 e. The number of nitrogens with zero attached hydrogens (tertiary/aromatic N) is 1. The number of aliphatic hydroxyl groups excluding tert-OH is 1. The van der Waals surface area contributed by atoms with Crippen molar-refractivity contribution in [1.29, 1.82) is 0 Å². The van der Waals surface area contributed by atoms with Gasteiger partial charge in [0.05, 0.1) is 5.71 Å². The van der Waals surface area contributed by atoms with E-state index in [1.807, 2.05) is 0 Å². The molecule has 1 heterocycles. The molecule has 0 saturated carbocycles. The number of hydrogen-bond acceptors (Lipinski definition) is 6. The minimum absolute atomic E-state index is 0.0601. The van der Waals surface area contributed by atoms with E-state index in [1.54, 1.807) is 30.3 Å². The zero-order valence-corrected chi connectivity index (χ0v) is 12.6. The second-order valence-electron chi connectivity index (χ2n) is 4.89. The van der Waals surface area contributed by atoms with Crippen LogP contribution in [-0.2, 0) is 4.79 Å². The first-order valence-electron chi connectivity index (χ1n) is 6.81. The molecule has 3 N–H and O–H groups in total. The lowest BCUT2D eigenvalue weighted by molar-refractivity contribution is -0.129. The van der Waals surface area contributed by atoms with Crippen LogP contribution in [0, 0.1) is 6.92 Å². The average molecular weight is 316 g/mol. The number of carbonyl (C=O) groups is 1. The molecule has 0 aliphatic heterocycles. The maximum Gasteiger partial charge on any atom is 0.348 e. The topological polar surface area (TPSA) is 112 Å². The first kappa shape index (κ1) is 16.4. The zero-order valence-electron chi connectivity index (χ0n) is 12.6. The van der Waals surface area contributed by atoms with Crippen molar-refractivity contribution in [3.05, 3.63) is 63.7 Å². The van der Waals surface area contributed by atoms with Gasteiger partial charge in [0.15, 0.2) is 6.10 Å². The number of hydrazone groups is 1. The highest BCUT2D eigenvalue weighted by atomic mass is 16.4. The highest BCUT2D eigenvalue weighted by molar-refractivity contribution is 6.01. The van der Waals surface area contributed by atoms with Gasteiger partial charge in [-0.05, 0) is 19.4 Å². The number of amides is 1. The molecule has 120 valence electrons. The third-order valence-corrected chi connectivity index (χ3v) is 3.11. The summed E-state index contributed by atoms with van der Waals surface area (Å²) in [6, 6.07) is 9.61. The van der Waals surface area contributed by atoms with Crippen LogP contribution < -0.4 is 11.1 Å². The van der Waals surface area contributed by atoms with Crippen LogP contribution >= 0.6 is 0 Å². The van der Waals surface area contributed by atoms with Crippen LogP contribution in [0.25, 0.3) is 0 Å². The van der Waals surface area contributed by atoms with Crippen LogP contribution in [0.2, 0.25) is 0 Å². The summed E-state index contributed by atoms with van der Waals surface area (Å²) in [5, 5.41) is 23.4. The molecule has 1 aromatic heterocycles. The number of rotatable bonds is 4. The largest absolute Gasteiger partial charge is 0.507 e. The molecule has 0 saturated heterocycles. The first-order valence-corrected chi connectivity index (χ1v) is 6.81. The SMILES string of the molecule is C/C(=N\NC(=O)[C@H](O)c1ccccc1)c1c(O)cc(C)oc1=O. The summed E-state index contributed by atoms with van der Waals surface area (Å²) < 4.78 is 4.88. The fourth-order valence-corrected chi connectivity index (χ4v) is 1.97. The standard InChI is InChI=1S/C16H16N2O5/c1-9-8-12(19)13(16(22)23-9)10(2)17-18-15(21)14(20)11-6-4-3-5-7-11/h3-8,14,19-20H,1-2H3,(H,18,21)/b17-10+/t14-/m1/s1. The quantitative estimate of drug-likeness (QED) is 0.580. The molecule has 0 spiro atoms. The van der Waals surface area contributed by atoms with Gasteiger partial charge in [-0.2, -0.15) is 5.10 Å². The molecule has 0 radical (unpaired) electrons. The first-order chi connectivity index (χ1) is 10.9. The van der Waals surface area contributed by atoms with E-state index in [1.165, 1.54) is 19.9 Å². The number of aliphatic hydroxyl groups is 1. The van der Waals surface area contributed by atoms with E-state index in [0.717, 1.165) is 0 Å². The van der Waals surface area contributed by atoms with Crippen LogP contribution in [0.4, 0.5) is 0 Å². The Morgan fingerprint density at radius 3 is 2.57 bits per heavy atom. The van der Waals surface area contributed by atoms with Gasteiger partial charge in [-0.15, -0.1) is 0 Å². The van der Waals surface area contributed by atoms with E-state index in [9.17, 15) is 19.8 Å². The molecule has 1 amide bonds. The number of nitrogens with one attached hydrogen (secondary N) is 1. The molecule has 1 atom stereocenters. The van der Waals surface area contributed by atoms with Crippen molar-refractivity contribution in [2.24, 2.45) is 5.10 Å². The van der Waals surface area contributed by atoms with E-state index in [0.29, 0.717) is 5.56 Å². The monoisotopic (exact) mass is 316 g/mol. The molecule has 1 aromatic carbocycles. The number of hydrogen-bond donors (Lipinski definition) is 3. The lowest BCUT2D eigenvalue weighted by Gasteiger charge is -2.09. The van der Waals surface area contributed by atoms with Gasteiger partial charge in [0.2, 0.25) is 0 Å². The summed E-state index contributed by atoms with van der Waals surface area (Å²) >= 11 is 0. The van der Waals surface area contributed by atoms with E-state index in [4.69, 9.17) is 4.42 Å². The average Bonchev–Trinajstić information content (AvgIpc) is 2.51. The second kappa shape index (κ2) is 6.89.